The maximum absolute atomic E-state index is 11.6. The van der Waals surface area contributed by atoms with Crippen molar-refractivity contribution in [3.8, 4) is 34.1 Å². The quantitative estimate of drug-likeness (QED) is 0.177. The number of fused-ring (bicyclic) bond motifs is 1. The zero-order valence-corrected chi connectivity index (χ0v) is 26.6. The second-order valence-corrected chi connectivity index (χ2v) is 12.1. The molecule has 4 N–H and O–H groups in total. The number of β-amino-alcohol motifs (C(OH)–C–C–N with tert-alkyl or cyclic N) is 1. The number of halogens is 1. The Bertz CT molecular complexity index is 1490. The van der Waals surface area contributed by atoms with Gasteiger partial charge in [0.25, 0.3) is 0 Å². The van der Waals surface area contributed by atoms with Crippen LogP contribution in [0.2, 0.25) is 5.02 Å². The van der Waals surface area contributed by atoms with E-state index in [9.17, 15) is 20.1 Å². The molecule has 0 bridgehead atoms. The highest BCUT2D eigenvalue weighted by atomic mass is 35.5. The number of aliphatic carboxylic acids is 1. The number of aliphatic hydroxyl groups excluding tert-OH is 2. The molecule has 3 aromatic carbocycles. The first kappa shape index (κ1) is 32.8. The molecule has 0 radical (unpaired) electrons. The van der Waals surface area contributed by atoms with Crippen molar-refractivity contribution in [2.75, 3.05) is 47.1 Å². The predicted molar refractivity (Wildman–Crippen MR) is 171 cm³/mol. The lowest BCUT2D eigenvalue weighted by molar-refractivity contribution is -0.145. The molecule has 10 nitrogen and oxygen atoms in total. The minimum atomic E-state index is -1.52. The van der Waals surface area contributed by atoms with Crippen LogP contribution >= 0.6 is 11.6 Å². The van der Waals surface area contributed by atoms with E-state index in [-0.39, 0.29) is 18.8 Å². The second-order valence-electron chi connectivity index (χ2n) is 11.7. The van der Waals surface area contributed by atoms with E-state index in [1.165, 1.54) is 26.7 Å². The number of hydrogen-bond acceptors (Lipinski definition) is 9. The Morgan fingerprint density at radius 3 is 2.40 bits per heavy atom. The average molecular weight is 641 g/mol. The normalized spacial score (nSPS) is 17.7. The van der Waals surface area contributed by atoms with Crippen molar-refractivity contribution in [2.45, 2.75) is 50.5 Å². The molecule has 0 unspecified atom stereocenters. The molecule has 2 atom stereocenters. The van der Waals surface area contributed by atoms with Gasteiger partial charge in [-0.05, 0) is 48.9 Å². The zero-order chi connectivity index (χ0) is 32.1. The molecule has 45 heavy (non-hydrogen) atoms. The van der Waals surface area contributed by atoms with E-state index in [4.69, 9.17) is 30.5 Å². The minimum Gasteiger partial charge on any atom is -0.496 e. The Kier molecular flexibility index (Phi) is 10.4. The van der Waals surface area contributed by atoms with Crippen LogP contribution in [-0.4, -0.2) is 84.9 Å². The third-order valence-electron chi connectivity index (χ3n) is 8.59. The Hall–Kier alpha value is -3.54. The lowest BCUT2D eigenvalue weighted by Crippen LogP contribution is -2.52. The SMILES string of the molecule is COc1cc(O[C@H]2CCc3c(-c4cccc(OCCCN5CC(O)C5)c4Cl)cccc32)cc(OC)c1CN[C@@](C)(CO)C(=O)O. The number of carbonyl (C=O) groups is 1. The van der Waals surface area contributed by atoms with Crippen LogP contribution in [0.15, 0.2) is 48.5 Å². The van der Waals surface area contributed by atoms with Crippen LogP contribution in [0.3, 0.4) is 0 Å². The molecule has 1 saturated heterocycles. The first-order chi connectivity index (χ1) is 21.7. The van der Waals surface area contributed by atoms with Gasteiger partial charge >= 0.3 is 5.97 Å². The van der Waals surface area contributed by atoms with Crippen LogP contribution in [0, 0.1) is 0 Å². The molecule has 0 aromatic heterocycles. The molecule has 3 aromatic rings. The largest absolute Gasteiger partial charge is 0.496 e. The highest BCUT2D eigenvalue weighted by Gasteiger charge is 2.33. The lowest BCUT2D eigenvalue weighted by Gasteiger charge is -2.35. The van der Waals surface area contributed by atoms with Crippen molar-refractivity contribution in [1.82, 2.24) is 10.2 Å². The number of nitrogens with one attached hydrogen (secondary N) is 1. The fraction of sp³-hybridized carbons (Fsp3) is 0.441. The lowest BCUT2D eigenvalue weighted by atomic mass is 9.96. The van der Waals surface area contributed by atoms with Crippen molar-refractivity contribution in [3.05, 3.63) is 70.2 Å². The fourth-order valence-corrected chi connectivity index (χ4v) is 6.15. The van der Waals surface area contributed by atoms with Crippen LogP contribution in [0.4, 0.5) is 0 Å². The molecular formula is C34H41ClN2O8. The summed E-state index contributed by atoms with van der Waals surface area (Å²) >= 11 is 6.89. The van der Waals surface area contributed by atoms with Gasteiger partial charge < -0.3 is 34.3 Å². The number of hydrogen-bond donors (Lipinski definition) is 4. The summed E-state index contributed by atoms with van der Waals surface area (Å²) < 4.78 is 23.8. The highest BCUT2D eigenvalue weighted by Crippen LogP contribution is 2.45. The smallest absolute Gasteiger partial charge is 0.326 e. The predicted octanol–water partition coefficient (Wildman–Crippen LogP) is 4.46. The molecule has 5 rings (SSSR count). The maximum atomic E-state index is 11.6. The first-order valence-corrected chi connectivity index (χ1v) is 15.5. The van der Waals surface area contributed by atoms with Gasteiger partial charge in [-0.1, -0.05) is 41.9 Å². The first-order valence-electron chi connectivity index (χ1n) is 15.1. The van der Waals surface area contributed by atoms with Crippen molar-refractivity contribution >= 4 is 17.6 Å². The molecule has 0 saturated carbocycles. The Morgan fingerprint density at radius 2 is 1.76 bits per heavy atom. The van der Waals surface area contributed by atoms with Gasteiger partial charge in [0.05, 0.1) is 44.1 Å². The van der Waals surface area contributed by atoms with Gasteiger partial charge in [-0.2, -0.15) is 0 Å². The number of carboxylic acids is 1. The van der Waals surface area contributed by atoms with Crippen LogP contribution < -0.4 is 24.3 Å². The summed E-state index contributed by atoms with van der Waals surface area (Å²) in [6.07, 6.45) is 2.02. The standard InChI is InChI=1S/C34H41ClN2O8/c1-34(20-38,33(40)41)36-17-27-30(42-2)15-22(16-31(27)43-3)45-28-12-11-24-23(7-4-8-25(24)28)26-9-5-10-29(32(26)35)44-14-6-13-37-18-21(39)19-37/h4-5,7-10,15-16,21,28,36,38-39H,6,11-14,17-20H2,1-3H3,(H,40,41)/t28-,34-/m0/s1. The third-order valence-corrected chi connectivity index (χ3v) is 8.98. The topological polar surface area (TPSA) is 130 Å². The molecule has 242 valence electrons. The molecule has 1 aliphatic carbocycles. The van der Waals surface area contributed by atoms with Gasteiger partial charge in [0.15, 0.2) is 0 Å². The second kappa shape index (κ2) is 14.3. The molecule has 0 amide bonds. The molecular weight excluding hydrogens is 600 g/mol. The highest BCUT2D eigenvalue weighted by molar-refractivity contribution is 6.34. The summed E-state index contributed by atoms with van der Waals surface area (Å²) in [7, 11) is 3.06. The zero-order valence-electron chi connectivity index (χ0n) is 25.8. The van der Waals surface area contributed by atoms with Crippen LogP contribution in [0.25, 0.3) is 11.1 Å². The molecule has 1 aliphatic heterocycles. The minimum absolute atomic E-state index is 0.0950. The molecule has 0 spiro atoms. The molecule has 11 heteroatoms. The van der Waals surface area contributed by atoms with Crippen molar-refractivity contribution in [2.24, 2.45) is 0 Å². The summed E-state index contributed by atoms with van der Waals surface area (Å²) in [6, 6.07) is 15.5. The molecule has 1 fully saturated rings. The number of aliphatic hydroxyl groups is 2. The van der Waals surface area contributed by atoms with Crippen LogP contribution in [0.1, 0.15) is 42.6 Å². The van der Waals surface area contributed by atoms with Crippen molar-refractivity contribution in [3.63, 3.8) is 0 Å². The van der Waals surface area contributed by atoms with Gasteiger partial charge in [-0.3, -0.25) is 15.0 Å². The fourth-order valence-electron chi connectivity index (χ4n) is 5.87. The van der Waals surface area contributed by atoms with Crippen molar-refractivity contribution < 1.29 is 39.1 Å². The Morgan fingerprint density at radius 1 is 1.07 bits per heavy atom. The average Bonchev–Trinajstić information content (AvgIpc) is 3.44. The van der Waals surface area contributed by atoms with Crippen LogP contribution in [-0.2, 0) is 17.8 Å². The van der Waals surface area contributed by atoms with E-state index >= 15 is 0 Å². The van der Waals surface area contributed by atoms with Gasteiger partial charge in [0.1, 0.15) is 34.6 Å². The van der Waals surface area contributed by atoms with Gasteiger partial charge in [0.2, 0.25) is 0 Å². The van der Waals surface area contributed by atoms with Gasteiger partial charge in [0, 0.05) is 43.9 Å². The number of rotatable bonds is 15. The van der Waals surface area contributed by atoms with E-state index in [1.54, 1.807) is 12.1 Å². The van der Waals surface area contributed by atoms with E-state index < -0.39 is 18.1 Å². The number of benzene rings is 3. The number of methoxy groups -OCH3 is 2. The number of nitrogens with zero attached hydrogens (tertiary/aromatic N) is 1. The van der Waals surface area contributed by atoms with E-state index in [2.05, 4.69) is 22.3 Å². The summed E-state index contributed by atoms with van der Waals surface area (Å²) in [5, 5.41) is 32.1. The van der Waals surface area contributed by atoms with Crippen LogP contribution in [0.5, 0.6) is 23.0 Å². The van der Waals surface area contributed by atoms with Crippen molar-refractivity contribution in [1.29, 1.82) is 0 Å². The van der Waals surface area contributed by atoms with E-state index in [0.717, 1.165) is 55.6 Å². The Balaban J connectivity index is 1.32. The monoisotopic (exact) mass is 640 g/mol. The Labute approximate surface area is 268 Å². The van der Waals surface area contributed by atoms with E-state index in [1.807, 2.05) is 24.3 Å². The summed E-state index contributed by atoms with van der Waals surface area (Å²) in [5.41, 5.74) is 3.30. The molecule has 2 aliphatic rings. The van der Waals surface area contributed by atoms with Gasteiger partial charge in [-0.25, -0.2) is 0 Å². The number of ether oxygens (including phenoxy) is 4. The number of carboxylic acid groups (broad SMARTS) is 1. The maximum Gasteiger partial charge on any atom is 0.326 e. The summed E-state index contributed by atoms with van der Waals surface area (Å²) in [6.45, 7) is 3.81. The summed E-state index contributed by atoms with van der Waals surface area (Å²) in [4.78, 5) is 13.8. The van der Waals surface area contributed by atoms with E-state index in [0.29, 0.717) is 40.2 Å². The molecule has 1 heterocycles. The summed E-state index contributed by atoms with van der Waals surface area (Å²) in [5.74, 6) is 0.987. The van der Waals surface area contributed by atoms with Gasteiger partial charge in [-0.15, -0.1) is 0 Å². The third kappa shape index (κ3) is 7.15. The number of likely N-dealkylation sites (tertiary alicyclic amines) is 1.